The van der Waals surface area contributed by atoms with E-state index in [4.69, 9.17) is 5.73 Å². The lowest BCUT2D eigenvalue weighted by Gasteiger charge is -2.19. The van der Waals surface area contributed by atoms with Crippen molar-refractivity contribution in [2.75, 3.05) is 4.72 Å². The molecule has 0 aliphatic rings. The third kappa shape index (κ3) is 3.71. The predicted molar refractivity (Wildman–Crippen MR) is 71.3 cm³/mol. The third-order valence-electron chi connectivity index (χ3n) is 2.51. The number of anilines is 1. The Morgan fingerprint density at radius 3 is 2.00 bits per heavy atom. The summed E-state index contributed by atoms with van der Waals surface area (Å²) < 4.78 is 25.8. The molecule has 0 aliphatic heterocycles. The first kappa shape index (κ1) is 14.0. The summed E-state index contributed by atoms with van der Waals surface area (Å²) in [5, 5.41) is -0.451. The van der Waals surface area contributed by atoms with Gasteiger partial charge in [-0.2, -0.15) is 0 Å². The lowest BCUT2D eigenvalue weighted by Crippen LogP contribution is -2.28. The van der Waals surface area contributed by atoms with E-state index in [0.717, 1.165) is 5.56 Å². The molecule has 0 saturated heterocycles. The molecule has 4 nitrogen and oxygen atoms in total. The Morgan fingerprint density at radius 2 is 1.65 bits per heavy atom. The summed E-state index contributed by atoms with van der Waals surface area (Å²) in [4.78, 5) is 0. The maximum absolute atomic E-state index is 11.6. The average molecular weight is 256 g/mol. The van der Waals surface area contributed by atoms with E-state index in [1.165, 1.54) is 0 Å². The Hall–Kier alpha value is -1.07. The first-order valence-corrected chi connectivity index (χ1v) is 7.08. The summed E-state index contributed by atoms with van der Waals surface area (Å²) in [6.45, 7) is 7.08. The van der Waals surface area contributed by atoms with Gasteiger partial charge in [0, 0.05) is 11.2 Å². The van der Waals surface area contributed by atoms with Gasteiger partial charge in [0.25, 0.3) is 0 Å². The molecule has 0 saturated carbocycles. The number of rotatable bonds is 4. The number of hydrogen-bond donors (Lipinski definition) is 2. The molecule has 0 heterocycles. The van der Waals surface area contributed by atoms with Gasteiger partial charge in [-0.05, 0) is 45.4 Å². The van der Waals surface area contributed by atoms with Crippen LogP contribution in [0.1, 0.15) is 33.3 Å². The fraction of sp³-hybridized carbons (Fsp3) is 0.500. The fourth-order valence-electron chi connectivity index (χ4n) is 1.25. The molecule has 0 spiro atoms. The zero-order chi connectivity index (χ0) is 13.3. The van der Waals surface area contributed by atoms with Crippen LogP contribution in [0.5, 0.6) is 0 Å². The molecule has 0 radical (unpaired) electrons. The van der Waals surface area contributed by atoms with Gasteiger partial charge in [0.1, 0.15) is 0 Å². The molecule has 0 bridgehead atoms. The Labute approximate surface area is 103 Å². The quantitative estimate of drug-likeness (QED) is 0.865. The Bertz CT molecular complexity index is 470. The molecular formula is C12H20N2O2S. The molecule has 0 fully saturated rings. The van der Waals surface area contributed by atoms with Crippen LogP contribution in [-0.4, -0.2) is 13.7 Å². The van der Waals surface area contributed by atoms with Crippen molar-refractivity contribution in [2.45, 2.75) is 38.5 Å². The lowest BCUT2D eigenvalue weighted by molar-refractivity contribution is 0.554. The van der Waals surface area contributed by atoms with Gasteiger partial charge >= 0.3 is 0 Å². The highest BCUT2D eigenvalue weighted by Crippen LogP contribution is 2.20. The average Bonchev–Trinajstić information content (AvgIpc) is 2.16. The molecule has 0 unspecified atom stereocenters. The number of nitrogens with one attached hydrogen (secondary N) is 1. The van der Waals surface area contributed by atoms with E-state index in [9.17, 15) is 8.42 Å². The maximum atomic E-state index is 11.6. The van der Waals surface area contributed by atoms with Crippen LogP contribution in [0.4, 0.5) is 5.69 Å². The molecule has 0 aromatic heterocycles. The third-order valence-corrected chi connectivity index (χ3v) is 4.27. The standard InChI is InChI=1S/C12H20N2O2S/c1-9(2)17(15,16)14-11-7-5-10(6-8-11)12(3,4)13/h5-9,14H,13H2,1-4H3. The van der Waals surface area contributed by atoms with Crippen LogP contribution in [0.2, 0.25) is 0 Å². The molecule has 1 aromatic carbocycles. The second-order valence-electron chi connectivity index (χ2n) is 4.99. The summed E-state index contributed by atoms with van der Waals surface area (Å²) >= 11 is 0. The van der Waals surface area contributed by atoms with Crippen LogP contribution in [-0.2, 0) is 15.6 Å². The van der Waals surface area contributed by atoms with Crippen LogP contribution in [0, 0.1) is 0 Å². The van der Waals surface area contributed by atoms with E-state index in [-0.39, 0.29) is 0 Å². The fourth-order valence-corrected chi connectivity index (χ4v) is 1.95. The smallest absolute Gasteiger partial charge is 0.235 e. The Kier molecular flexibility index (Phi) is 3.84. The van der Waals surface area contributed by atoms with Crippen LogP contribution >= 0.6 is 0 Å². The van der Waals surface area contributed by atoms with Crippen molar-refractivity contribution >= 4 is 15.7 Å². The van der Waals surface area contributed by atoms with Gasteiger partial charge in [-0.1, -0.05) is 12.1 Å². The maximum Gasteiger partial charge on any atom is 0.235 e. The molecule has 0 atom stereocenters. The van der Waals surface area contributed by atoms with Crippen molar-refractivity contribution in [1.82, 2.24) is 0 Å². The van der Waals surface area contributed by atoms with Gasteiger partial charge in [0.15, 0.2) is 0 Å². The zero-order valence-electron chi connectivity index (χ0n) is 10.7. The van der Waals surface area contributed by atoms with Crippen molar-refractivity contribution in [2.24, 2.45) is 5.73 Å². The van der Waals surface area contributed by atoms with Crippen molar-refractivity contribution in [3.8, 4) is 0 Å². The number of hydrogen-bond acceptors (Lipinski definition) is 3. The molecular weight excluding hydrogens is 236 g/mol. The minimum absolute atomic E-state index is 0.421. The number of nitrogens with two attached hydrogens (primary N) is 1. The second kappa shape index (κ2) is 4.66. The first-order valence-electron chi connectivity index (χ1n) is 5.54. The molecule has 1 aromatic rings. The topological polar surface area (TPSA) is 72.2 Å². The summed E-state index contributed by atoms with van der Waals surface area (Å²) in [7, 11) is -3.28. The second-order valence-corrected chi connectivity index (χ2v) is 7.23. The highest BCUT2D eigenvalue weighted by atomic mass is 32.2. The molecule has 5 heteroatoms. The van der Waals surface area contributed by atoms with Crippen LogP contribution in [0.15, 0.2) is 24.3 Å². The van der Waals surface area contributed by atoms with Gasteiger partial charge in [-0.15, -0.1) is 0 Å². The minimum Gasteiger partial charge on any atom is -0.322 e. The normalized spacial score (nSPS) is 12.8. The van der Waals surface area contributed by atoms with Gasteiger partial charge in [0.05, 0.1) is 5.25 Å². The highest BCUT2D eigenvalue weighted by Gasteiger charge is 2.17. The van der Waals surface area contributed by atoms with Gasteiger partial charge in [0.2, 0.25) is 10.0 Å². The van der Waals surface area contributed by atoms with Crippen LogP contribution in [0.25, 0.3) is 0 Å². The number of benzene rings is 1. The van der Waals surface area contributed by atoms with E-state index in [0.29, 0.717) is 5.69 Å². The van der Waals surface area contributed by atoms with E-state index in [1.54, 1.807) is 26.0 Å². The van der Waals surface area contributed by atoms with Crippen molar-refractivity contribution in [3.05, 3.63) is 29.8 Å². The zero-order valence-corrected chi connectivity index (χ0v) is 11.5. The monoisotopic (exact) mass is 256 g/mol. The van der Waals surface area contributed by atoms with E-state index >= 15 is 0 Å². The van der Waals surface area contributed by atoms with Crippen LogP contribution < -0.4 is 10.5 Å². The molecule has 3 N–H and O–H groups in total. The molecule has 0 aliphatic carbocycles. The lowest BCUT2D eigenvalue weighted by atomic mass is 9.96. The summed E-state index contributed by atoms with van der Waals surface area (Å²) in [5.74, 6) is 0. The SMILES string of the molecule is CC(C)S(=O)(=O)Nc1ccc(C(C)(C)N)cc1. The van der Waals surface area contributed by atoms with Crippen molar-refractivity contribution in [3.63, 3.8) is 0 Å². The Morgan fingerprint density at radius 1 is 1.18 bits per heavy atom. The van der Waals surface area contributed by atoms with Gasteiger partial charge < -0.3 is 5.73 Å². The molecule has 96 valence electrons. The molecule has 1 rings (SSSR count). The van der Waals surface area contributed by atoms with Gasteiger partial charge in [-0.3, -0.25) is 4.72 Å². The summed E-state index contributed by atoms with van der Waals surface area (Å²) in [5.41, 5.74) is 7.05. The number of sulfonamides is 1. The molecule has 0 amide bonds. The van der Waals surface area contributed by atoms with Crippen molar-refractivity contribution < 1.29 is 8.42 Å². The summed E-state index contributed by atoms with van der Waals surface area (Å²) in [6, 6.07) is 7.12. The van der Waals surface area contributed by atoms with E-state index < -0.39 is 20.8 Å². The molecule has 17 heavy (non-hydrogen) atoms. The van der Waals surface area contributed by atoms with Crippen molar-refractivity contribution in [1.29, 1.82) is 0 Å². The first-order chi connectivity index (χ1) is 7.63. The van der Waals surface area contributed by atoms with E-state index in [2.05, 4.69) is 4.72 Å². The predicted octanol–water partition coefficient (Wildman–Crippen LogP) is 2.03. The van der Waals surface area contributed by atoms with E-state index in [1.807, 2.05) is 26.0 Å². The Balaban J connectivity index is 2.91. The largest absolute Gasteiger partial charge is 0.322 e. The highest BCUT2D eigenvalue weighted by molar-refractivity contribution is 7.93. The van der Waals surface area contributed by atoms with Gasteiger partial charge in [-0.25, -0.2) is 8.42 Å². The minimum atomic E-state index is -3.28. The van der Waals surface area contributed by atoms with Crippen LogP contribution in [0.3, 0.4) is 0 Å². The summed E-state index contributed by atoms with van der Waals surface area (Å²) in [6.07, 6.45) is 0.